The molecule has 0 radical (unpaired) electrons. The third-order valence-corrected chi connectivity index (χ3v) is 8.14. The molecular weight excluding hydrogens is 620 g/mol. The Balaban J connectivity index is 1.31. The predicted molar refractivity (Wildman–Crippen MR) is 162 cm³/mol. The van der Waals surface area contributed by atoms with Crippen LogP contribution in [0.2, 0.25) is 0 Å². The van der Waals surface area contributed by atoms with E-state index in [0.717, 1.165) is 29.0 Å². The molecule has 3 amide bonds. The van der Waals surface area contributed by atoms with Crippen molar-refractivity contribution < 1.29 is 31.9 Å². The van der Waals surface area contributed by atoms with Crippen molar-refractivity contribution in [2.24, 2.45) is 4.99 Å². The first kappa shape index (κ1) is 31.2. The van der Waals surface area contributed by atoms with E-state index in [0.29, 0.717) is 16.9 Å². The molecule has 0 saturated carbocycles. The molecule has 0 bridgehead atoms. The molecule has 228 valence electrons. The fourth-order valence-corrected chi connectivity index (χ4v) is 5.70. The standard InChI is InChI=1S/C29H24F4N6O3S2/c1-16-4-10-21(17(2)42-3)24(12-16)39-25(40)14-43-28(39)36-27(41)35-23-11-5-18(13-22(23)30)26-34-15-38(37-26)19-6-8-20(9-7-19)44-29(31,32)33/h4-13,15,17H,14H2,1-3H3,(H,35,41). The Morgan fingerprint density at radius 3 is 2.57 bits per heavy atom. The van der Waals surface area contributed by atoms with Crippen LogP contribution >= 0.6 is 23.5 Å². The van der Waals surface area contributed by atoms with Crippen LogP contribution in [0.5, 0.6) is 0 Å². The number of methoxy groups -OCH3 is 1. The minimum atomic E-state index is -4.40. The normalized spacial score (nSPS) is 15.2. The number of carbonyl (C=O) groups excluding carboxylic acids is 2. The van der Waals surface area contributed by atoms with E-state index in [1.807, 2.05) is 32.0 Å². The van der Waals surface area contributed by atoms with Crippen LogP contribution in [0.3, 0.4) is 0 Å². The van der Waals surface area contributed by atoms with E-state index in [-0.39, 0.29) is 51.1 Å². The number of halogens is 4. The van der Waals surface area contributed by atoms with Gasteiger partial charge in [-0.15, -0.1) is 5.10 Å². The summed E-state index contributed by atoms with van der Waals surface area (Å²) in [6, 6.07) is 14.2. The molecule has 44 heavy (non-hydrogen) atoms. The van der Waals surface area contributed by atoms with E-state index >= 15 is 4.39 Å². The topological polar surface area (TPSA) is 102 Å². The third-order valence-electron chi connectivity index (χ3n) is 6.48. The highest BCUT2D eigenvalue weighted by molar-refractivity contribution is 8.15. The van der Waals surface area contributed by atoms with Crippen molar-refractivity contribution in [3.8, 4) is 17.1 Å². The summed E-state index contributed by atoms with van der Waals surface area (Å²) in [6.07, 6.45) is 1.03. The number of aromatic nitrogens is 3. The van der Waals surface area contributed by atoms with E-state index in [4.69, 9.17) is 4.74 Å². The molecular formula is C29H24F4N6O3S2. The lowest BCUT2D eigenvalue weighted by Gasteiger charge is -2.23. The van der Waals surface area contributed by atoms with Crippen molar-refractivity contribution in [1.29, 1.82) is 0 Å². The molecule has 0 spiro atoms. The molecule has 2 heterocycles. The first-order chi connectivity index (χ1) is 20.9. The van der Waals surface area contributed by atoms with E-state index in [9.17, 15) is 22.8 Å². The fraction of sp³-hybridized carbons (Fsp3) is 0.207. The molecule has 4 aromatic rings. The molecule has 1 unspecified atom stereocenters. The lowest BCUT2D eigenvalue weighted by molar-refractivity contribution is -0.115. The quantitative estimate of drug-likeness (QED) is 0.166. The van der Waals surface area contributed by atoms with Gasteiger partial charge in [0.25, 0.3) is 0 Å². The van der Waals surface area contributed by atoms with Gasteiger partial charge in [0.2, 0.25) is 5.91 Å². The average molecular weight is 645 g/mol. The molecule has 3 aromatic carbocycles. The van der Waals surface area contributed by atoms with Crippen molar-refractivity contribution in [3.63, 3.8) is 0 Å². The lowest BCUT2D eigenvalue weighted by atomic mass is 10.0. The van der Waals surface area contributed by atoms with Gasteiger partial charge >= 0.3 is 11.5 Å². The van der Waals surface area contributed by atoms with E-state index in [1.165, 1.54) is 52.3 Å². The molecule has 1 N–H and O–H groups in total. The van der Waals surface area contributed by atoms with Gasteiger partial charge in [-0.25, -0.2) is 18.9 Å². The zero-order chi connectivity index (χ0) is 31.6. The first-order valence-electron chi connectivity index (χ1n) is 13.0. The highest BCUT2D eigenvalue weighted by atomic mass is 32.2. The highest BCUT2D eigenvalue weighted by Gasteiger charge is 2.33. The number of ether oxygens (including phenoxy) is 1. The van der Waals surface area contributed by atoms with Gasteiger partial charge < -0.3 is 10.1 Å². The average Bonchev–Trinajstić information content (AvgIpc) is 3.60. The molecule has 1 saturated heterocycles. The number of urea groups is 1. The summed E-state index contributed by atoms with van der Waals surface area (Å²) < 4.78 is 59.6. The Morgan fingerprint density at radius 1 is 1.14 bits per heavy atom. The molecule has 9 nitrogen and oxygen atoms in total. The largest absolute Gasteiger partial charge is 0.446 e. The summed E-state index contributed by atoms with van der Waals surface area (Å²) in [6.45, 7) is 3.72. The van der Waals surface area contributed by atoms with Crippen LogP contribution in [0.1, 0.15) is 24.2 Å². The zero-order valence-electron chi connectivity index (χ0n) is 23.4. The molecule has 1 aromatic heterocycles. The second-order valence-corrected chi connectivity index (χ2v) is 11.6. The number of nitrogens with one attached hydrogen (secondary N) is 1. The maximum absolute atomic E-state index is 15.0. The van der Waals surface area contributed by atoms with Crippen LogP contribution in [-0.2, 0) is 9.53 Å². The smallest absolute Gasteiger partial charge is 0.377 e. The Bertz CT molecular complexity index is 1740. The van der Waals surface area contributed by atoms with Crippen LogP contribution in [0.25, 0.3) is 17.1 Å². The van der Waals surface area contributed by atoms with Crippen molar-refractivity contribution in [1.82, 2.24) is 14.8 Å². The number of carbonyl (C=O) groups is 2. The lowest BCUT2D eigenvalue weighted by Crippen LogP contribution is -2.31. The second-order valence-electron chi connectivity index (χ2n) is 9.53. The van der Waals surface area contributed by atoms with Crippen LogP contribution < -0.4 is 10.2 Å². The minimum absolute atomic E-state index is 0.0258. The molecule has 1 atom stereocenters. The molecule has 1 fully saturated rings. The van der Waals surface area contributed by atoms with Crippen LogP contribution in [-0.4, -0.2) is 50.2 Å². The zero-order valence-corrected chi connectivity index (χ0v) is 25.1. The second kappa shape index (κ2) is 12.8. The summed E-state index contributed by atoms with van der Waals surface area (Å²) in [4.78, 5) is 35.3. The number of amidine groups is 1. The summed E-state index contributed by atoms with van der Waals surface area (Å²) in [5, 5.41) is 6.84. The number of rotatable bonds is 7. The first-order valence-corrected chi connectivity index (χ1v) is 14.8. The van der Waals surface area contributed by atoms with Gasteiger partial charge in [-0.05, 0) is 79.7 Å². The van der Waals surface area contributed by atoms with Gasteiger partial charge in [-0.2, -0.15) is 18.2 Å². The molecule has 0 aliphatic carbocycles. The van der Waals surface area contributed by atoms with Crippen molar-refractivity contribution in [3.05, 3.63) is 83.9 Å². The van der Waals surface area contributed by atoms with Gasteiger partial charge in [0.05, 0.1) is 28.9 Å². The summed E-state index contributed by atoms with van der Waals surface area (Å²) >= 11 is 0.871. The van der Waals surface area contributed by atoms with Crippen LogP contribution in [0.4, 0.5) is 33.7 Å². The van der Waals surface area contributed by atoms with Crippen molar-refractivity contribution in [2.45, 2.75) is 30.4 Å². The number of anilines is 2. The van der Waals surface area contributed by atoms with Crippen molar-refractivity contribution in [2.75, 3.05) is 23.1 Å². The van der Waals surface area contributed by atoms with Gasteiger partial charge in [-0.3, -0.25) is 9.69 Å². The monoisotopic (exact) mass is 644 g/mol. The van der Waals surface area contributed by atoms with Gasteiger partial charge in [0.1, 0.15) is 12.1 Å². The molecule has 5 rings (SSSR count). The summed E-state index contributed by atoms with van der Waals surface area (Å²) in [5.74, 6) is -0.787. The maximum Gasteiger partial charge on any atom is 0.446 e. The summed E-state index contributed by atoms with van der Waals surface area (Å²) in [5.41, 5.74) is -1.57. The van der Waals surface area contributed by atoms with Crippen molar-refractivity contribution >= 4 is 52.0 Å². The molecule has 1 aliphatic rings. The van der Waals surface area contributed by atoms with E-state index in [1.54, 1.807) is 7.11 Å². The van der Waals surface area contributed by atoms with Gasteiger partial charge in [0, 0.05) is 23.1 Å². The van der Waals surface area contributed by atoms with E-state index < -0.39 is 17.4 Å². The van der Waals surface area contributed by atoms with Gasteiger partial charge in [0.15, 0.2) is 11.0 Å². The highest BCUT2D eigenvalue weighted by Crippen LogP contribution is 2.37. The minimum Gasteiger partial charge on any atom is -0.377 e. The Morgan fingerprint density at radius 2 is 1.89 bits per heavy atom. The van der Waals surface area contributed by atoms with E-state index in [2.05, 4.69) is 20.4 Å². The number of alkyl halides is 3. The number of thioether (sulfide) groups is 2. The van der Waals surface area contributed by atoms with Crippen LogP contribution in [0, 0.1) is 12.7 Å². The SMILES string of the molecule is COC(C)c1ccc(C)cc1N1C(=O)CSC1=NC(=O)Nc1ccc(-c2ncn(-c3ccc(SC(F)(F)F)cc3)n2)cc1F. The fourth-order valence-electron chi connectivity index (χ4n) is 4.31. The Hall–Kier alpha value is -4.21. The number of nitrogens with zero attached hydrogens (tertiary/aromatic N) is 5. The number of aryl methyl sites for hydroxylation is 1. The number of amides is 3. The Labute approximate surface area is 257 Å². The predicted octanol–water partition coefficient (Wildman–Crippen LogP) is 7.37. The Kier molecular flexibility index (Phi) is 9.08. The maximum atomic E-state index is 15.0. The number of benzene rings is 3. The van der Waals surface area contributed by atoms with Gasteiger partial charge in [-0.1, -0.05) is 23.9 Å². The summed E-state index contributed by atoms with van der Waals surface area (Å²) in [7, 11) is 1.56. The third kappa shape index (κ3) is 7.11. The number of aliphatic imine (C=N–C) groups is 1. The number of hydrogen-bond donors (Lipinski definition) is 1. The molecule has 15 heteroatoms. The molecule has 1 aliphatic heterocycles. The van der Waals surface area contributed by atoms with Crippen LogP contribution in [0.15, 0.2) is 76.9 Å². The number of hydrogen-bond acceptors (Lipinski definition) is 7.